The van der Waals surface area contributed by atoms with Crippen LogP contribution in [0.25, 0.3) is 6.08 Å². The highest BCUT2D eigenvalue weighted by Gasteiger charge is 2.01. The van der Waals surface area contributed by atoms with E-state index in [1.54, 1.807) is 6.20 Å². The monoisotopic (exact) mass is 272 g/mol. The van der Waals surface area contributed by atoms with Crippen molar-refractivity contribution >= 4 is 12.0 Å². The molecular weight excluding hydrogens is 256 g/mol. The molecule has 0 bridgehead atoms. The van der Waals surface area contributed by atoms with Crippen LogP contribution in [0.15, 0.2) is 42.7 Å². The third-order valence-corrected chi connectivity index (χ3v) is 2.84. The normalized spacial score (nSPS) is 10.8. The fourth-order valence-electron chi connectivity index (χ4n) is 1.80. The van der Waals surface area contributed by atoms with Crippen molar-refractivity contribution in [1.29, 1.82) is 0 Å². The summed E-state index contributed by atoms with van der Waals surface area (Å²) < 4.78 is 7.70. The van der Waals surface area contributed by atoms with Crippen LogP contribution in [0.1, 0.15) is 11.4 Å². The van der Waals surface area contributed by atoms with Crippen LogP contribution in [-0.2, 0) is 11.3 Å². The Bertz CT molecular complexity index is 617. The highest BCUT2D eigenvalue weighted by atomic mass is 16.5. The standard InChI is InChI=1S/C15H16N2O3/c1-12-16-8-9-17(12)10-11-20-14-5-3-2-4-13(14)6-7-15(18)19/h2-9H,10-11H2,1H3,(H,18,19). The molecule has 1 N–H and O–H groups in total. The van der Waals surface area contributed by atoms with E-state index in [0.29, 0.717) is 18.9 Å². The van der Waals surface area contributed by atoms with Crippen LogP contribution < -0.4 is 4.74 Å². The van der Waals surface area contributed by atoms with Gasteiger partial charge in [-0.1, -0.05) is 18.2 Å². The molecule has 1 heterocycles. The van der Waals surface area contributed by atoms with Gasteiger partial charge < -0.3 is 14.4 Å². The zero-order valence-corrected chi connectivity index (χ0v) is 11.2. The van der Waals surface area contributed by atoms with E-state index in [4.69, 9.17) is 9.84 Å². The lowest BCUT2D eigenvalue weighted by Gasteiger charge is -2.10. The molecule has 0 spiro atoms. The molecule has 104 valence electrons. The fourth-order valence-corrected chi connectivity index (χ4v) is 1.80. The average Bonchev–Trinajstić information content (AvgIpc) is 2.83. The van der Waals surface area contributed by atoms with E-state index < -0.39 is 5.97 Å². The second-order valence-corrected chi connectivity index (χ2v) is 4.23. The van der Waals surface area contributed by atoms with Crippen molar-refractivity contribution in [3.63, 3.8) is 0 Å². The van der Waals surface area contributed by atoms with Crippen molar-refractivity contribution in [2.45, 2.75) is 13.5 Å². The van der Waals surface area contributed by atoms with Gasteiger partial charge in [-0.15, -0.1) is 0 Å². The number of hydrogen-bond acceptors (Lipinski definition) is 3. The Hall–Kier alpha value is -2.56. The third-order valence-electron chi connectivity index (χ3n) is 2.84. The SMILES string of the molecule is Cc1nccn1CCOc1ccccc1C=CC(=O)O. The number of carboxylic acids is 1. The topological polar surface area (TPSA) is 64.4 Å². The maximum Gasteiger partial charge on any atom is 0.328 e. The Balaban J connectivity index is 1.99. The molecule has 1 aromatic heterocycles. The van der Waals surface area contributed by atoms with E-state index in [1.807, 2.05) is 42.0 Å². The van der Waals surface area contributed by atoms with Crippen molar-refractivity contribution in [2.24, 2.45) is 0 Å². The number of aliphatic carboxylic acids is 1. The Morgan fingerprint density at radius 1 is 1.45 bits per heavy atom. The predicted octanol–water partition coefficient (Wildman–Crippen LogP) is 2.37. The smallest absolute Gasteiger partial charge is 0.328 e. The molecule has 0 unspecified atom stereocenters. The minimum Gasteiger partial charge on any atom is -0.491 e. The molecule has 0 saturated carbocycles. The van der Waals surface area contributed by atoms with Crippen molar-refractivity contribution in [2.75, 3.05) is 6.61 Å². The largest absolute Gasteiger partial charge is 0.491 e. The van der Waals surface area contributed by atoms with Crippen LogP contribution in [0.2, 0.25) is 0 Å². The van der Waals surface area contributed by atoms with Crippen LogP contribution >= 0.6 is 0 Å². The van der Waals surface area contributed by atoms with Crippen LogP contribution in [0.3, 0.4) is 0 Å². The van der Waals surface area contributed by atoms with Gasteiger partial charge in [-0.3, -0.25) is 0 Å². The molecule has 0 amide bonds. The average molecular weight is 272 g/mol. The van der Waals surface area contributed by atoms with Crippen LogP contribution in [0.5, 0.6) is 5.75 Å². The van der Waals surface area contributed by atoms with Gasteiger partial charge >= 0.3 is 5.97 Å². The van der Waals surface area contributed by atoms with Gasteiger partial charge in [0.05, 0.1) is 6.54 Å². The minimum absolute atomic E-state index is 0.495. The van der Waals surface area contributed by atoms with Crippen LogP contribution in [0, 0.1) is 6.92 Å². The zero-order valence-electron chi connectivity index (χ0n) is 11.2. The van der Waals surface area contributed by atoms with Gasteiger partial charge in [0, 0.05) is 24.0 Å². The molecule has 0 fully saturated rings. The summed E-state index contributed by atoms with van der Waals surface area (Å²) in [5, 5.41) is 8.66. The summed E-state index contributed by atoms with van der Waals surface area (Å²) in [5.74, 6) is 0.629. The molecule has 0 saturated heterocycles. The van der Waals surface area contributed by atoms with E-state index in [-0.39, 0.29) is 0 Å². The van der Waals surface area contributed by atoms with E-state index in [1.165, 1.54) is 6.08 Å². The van der Waals surface area contributed by atoms with Gasteiger partial charge in [-0.25, -0.2) is 9.78 Å². The Labute approximate surface area is 117 Å². The Morgan fingerprint density at radius 3 is 2.95 bits per heavy atom. The number of ether oxygens (including phenoxy) is 1. The molecule has 0 aliphatic carbocycles. The molecular formula is C15H16N2O3. The number of aromatic nitrogens is 2. The predicted molar refractivity (Wildman–Crippen MR) is 75.6 cm³/mol. The summed E-state index contributed by atoms with van der Waals surface area (Å²) in [4.78, 5) is 14.7. The Morgan fingerprint density at radius 2 is 2.25 bits per heavy atom. The second kappa shape index (κ2) is 6.56. The first-order valence-corrected chi connectivity index (χ1v) is 6.27. The maximum absolute atomic E-state index is 10.6. The summed E-state index contributed by atoms with van der Waals surface area (Å²) in [6, 6.07) is 7.34. The second-order valence-electron chi connectivity index (χ2n) is 4.23. The van der Waals surface area contributed by atoms with Crippen molar-refractivity contribution in [3.8, 4) is 5.75 Å². The number of nitrogens with zero attached hydrogens (tertiary/aromatic N) is 2. The first kappa shape index (κ1) is 13.9. The summed E-state index contributed by atoms with van der Waals surface area (Å²) in [6.45, 7) is 3.13. The lowest BCUT2D eigenvalue weighted by Crippen LogP contribution is -2.09. The van der Waals surface area contributed by atoms with Gasteiger partial charge in [0.1, 0.15) is 18.2 Å². The number of rotatable bonds is 6. The fraction of sp³-hybridized carbons (Fsp3) is 0.200. The van der Waals surface area contributed by atoms with Gasteiger partial charge in [0.25, 0.3) is 0 Å². The van der Waals surface area contributed by atoms with Crippen molar-refractivity contribution in [1.82, 2.24) is 9.55 Å². The number of benzene rings is 1. The molecule has 2 rings (SSSR count). The van der Waals surface area contributed by atoms with E-state index in [9.17, 15) is 4.79 Å². The molecule has 5 nitrogen and oxygen atoms in total. The molecule has 20 heavy (non-hydrogen) atoms. The van der Waals surface area contributed by atoms with Gasteiger partial charge in [-0.2, -0.15) is 0 Å². The van der Waals surface area contributed by atoms with Gasteiger partial charge in [0.2, 0.25) is 0 Å². The number of carboxylic acid groups (broad SMARTS) is 1. The van der Waals surface area contributed by atoms with Crippen molar-refractivity contribution in [3.05, 3.63) is 54.1 Å². The summed E-state index contributed by atoms with van der Waals surface area (Å²) >= 11 is 0. The van der Waals surface area contributed by atoms with Gasteiger partial charge in [0.15, 0.2) is 0 Å². The molecule has 0 aliphatic rings. The third kappa shape index (κ3) is 3.71. The molecule has 0 aliphatic heterocycles. The summed E-state index contributed by atoms with van der Waals surface area (Å²) in [6.07, 6.45) is 6.27. The first-order valence-electron chi connectivity index (χ1n) is 6.27. The number of aryl methyl sites for hydroxylation is 1. The minimum atomic E-state index is -0.978. The number of carbonyl (C=O) groups is 1. The highest BCUT2D eigenvalue weighted by molar-refractivity contribution is 5.85. The quantitative estimate of drug-likeness (QED) is 0.820. The zero-order chi connectivity index (χ0) is 14.4. The molecule has 2 aromatic rings. The highest BCUT2D eigenvalue weighted by Crippen LogP contribution is 2.19. The summed E-state index contributed by atoms with van der Waals surface area (Å²) in [7, 11) is 0. The van der Waals surface area contributed by atoms with E-state index >= 15 is 0 Å². The lowest BCUT2D eigenvalue weighted by molar-refractivity contribution is -0.131. The first-order chi connectivity index (χ1) is 9.66. The molecule has 1 aromatic carbocycles. The Kier molecular flexibility index (Phi) is 4.55. The van der Waals surface area contributed by atoms with E-state index in [0.717, 1.165) is 17.5 Å². The molecule has 5 heteroatoms. The lowest BCUT2D eigenvalue weighted by atomic mass is 10.2. The van der Waals surface area contributed by atoms with Crippen LogP contribution in [-0.4, -0.2) is 27.2 Å². The van der Waals surface area contributed by atoms with E-state index in [2.05, 4.69) is 4.98 Å². The van der Waals surface area contributed by atoms with Gasteiger partial charge in [-0.05, 0) is 19.1 Å². The van der Waals surface area contributed by atoms with Crippen LogP contribution in [0.4, 0.5) is 0 Å². The molecule has 0 atom stereocenters. The molecule has 0 radical (unpaired) electrons. The summed E-state index contributed by atoms with van der Waals surface area (Å²) in [5.41, 5.74) is 0.747. The number of para-hydroxylation sites is 1. The maximum atomic E-state index is 10.6. The van der Waals surface area contributed by atoms with Crippen molar-refractivity contribution < 1.29 is 14.6 Å². The number of imidazole rings is 1. The number of hydrogen-bond donors (Lipinski definition) is 1.